The monoisotopic (exact) mass is 435 g/mol. The van der Waals surface area contributed by atoms with E-state index in [1.807, 2.05) is 31.2 Å². The predicted molar refractivity (Wildman–Crippen MR) is 123 cm³/mol. The van der Waals surface area contributed by atoms with E-state index in [9.17, 15) is 14.4 Å². The average Bonchev–Trinajstić information content (AvgIpc) is 2.79. The number of hydrogen-bond donors (Lipinski definition) is 2. The van der Waals surface area contributed by atoms with Crippen molar-refractivity contribution in [2.75, 3.05) is 23.5 Å². The topological polar surface area (TPSA) is 97.0 Å². The van der Waals surface area contributed by atoms with Crippen LogP contribution in [0, 0.1) is 6.92 Å². The standard InChI is InChI=1S/C24H25N3O5/c1-4-31-23(29)26-27(24(30)32-5-2)20-15-14-19(18-13-9-10-16(3)21(18)20)25-22(28)17-11-7-6-8-12-17/h6-15H,4-5H2,1-3H3,(H,25,28)(H,26,29). The molecule has 0 spiro atoms. The molecule has 3 aromatic rings. The zero-order valence-corrected chi connectivity index (χ0v) is 18.2. The Kier molecular flexibility index (Phi) is 7.28. The van der Waals surface area contributed by atoms with Crippen molar-refractivity contribution in [3.63, 3.8) is 0 Å². The molecule has 0 saturated heterocycles. The average molecular weight is 435 g/mol. The SMILES string of the molecule is CCOC(=O)NN(C(=O)OCC)c1ccc(NC(=O)c2ccccc2)c2cccc(C)c12. The van der Waals surface area contributed by atoms with Crippen LogP contribution in [0.3, 0.4) is 0 Å². The number of ether oxygens (including phenoxy) is 2. The maximum absolute atomic E-state index is 12.7. The molecule has 8 nitrogen and oxygen atoms in total. The normalized spacial score (nSPS) is 10.3. The maximum atomic E-state index is 12.7. The van der Waals surface area contributed by atoms with E-state index in [4.69, 9.17) is 9.47 Å². The second-order valence-corrected chi connectivity index (χ2v) is 6.82. The lowest BCUT2D eigenvalue weighted by atomic mass is 10.0. The molecule has 2 N–H and O–H groups in total. The van der Waals surface area contributed by atoms with Crippen molar-refractivity contribution in [2.45, 2.75) is 20.8 Å². The number of carbonyl (C=O) groups excluding carboxylic acids is 3. The molecule has 0 fully saturated rings. The zero-order valence-electron chi connectivity index (χ0n) is 18.2. The number of aryl methyl sites for hydroxylation is 1. The van der Waals surface area contributed by atoms with E-state index in [1.54, 1.807) is 50.2 Å². The molecule has 0 atom stereocenters. The Bertz CT molecular complexity index is 1130. The third-order valence-electron chi connectivity index (χ3n) is 4.68. The molecule has 0 aromatic heterocycles. The highest BCUT2D eigenvalue weighted by Crippen LogP contribution is 2.35. The number of amides is 3. The van der Waals surface area contributed by atoms with Crippen LogP contribution in [0.15, 0.2) is 60.7 Å². The summed E-state index contributed by atoms with van der Waals surface area (Å²) in [5.74, 6) is -0.256. The molecule has 0 heterocycles. The van der Waals surface area contributed by atoms with Crippen LogP contribution >= 0.6 is 0 Å². The molecule has 8 heteroatoms. The summed E-state index contributed by atoms with van der Waals surface area (Å²) in [4.78, 5) is 37.4. The molecule has 0 aliphatic carbocycles. The summed E-state index contributed by atoms with van der Waals surface area (Å²) in [5.41, 5.74) is 4.76. The minimum atomic E-state index is -0.788. The number of carbonyl (C=O) groups is 3. The van der Waals surface area contributed by atoms with Gasteiger partial charge in [0.15, 0.2) is 0 Å². The van der Waals surface area contributed by atoms with Gasteiger partial charge in [0.05, 0.1) is 18.9 Å². The molecule has 0 aliphatic rings. The molecule has 32 heavy (non-hydrogen) atoms. The number of nitrogens with one attached hydrogen (secondary N) is 2. The van der Waals surface area contributed by atoms with E-state index < -0.39 is 12.2 Å². The minimum Gasteiger partial charge on any atom is -0.449 e. The van der Waals surface area contributed by atoms with Gasteiger partial charge in [-0.1, -0.05) is 36.4 Å². The van der Waals surface area contributed by atoms with Gasteiger partial charge in [0.1, 0.15) is 0 Å². The number of rotatable bonds is 5. The highest BCUT2D eigenvalue weighted by Gasteiger charge is 2.24. The largest absolute Gasteiger partial charge is 0.449 e. The number of fused-ring (bicyclic) bond motifs is 1. The fourth-order valence-electron chi connectivity index (χ4n) is 3.29. The highest BCUT2D eigenvalue weighted by molar-refractivity contribution is 6.13. The van der Waals surface area contributed by atoms with Crippen molar-refractivity contribution in [1.29, 1.82) is 0 Å². The number of benzene rings is 3. The van der Waals surface area contributed by atoms with Crippen LogP contribution in [0.1, 0.15) is 29.8 Å². The Morgan fingerprint density at radius 2 is 1.59 bits per heavy atom. The molecular formula is C24H25N3O5. The van der Waals surface area contributed by atoms with Gasteiger partial charge in [0.2, 0.25) is 0 Å². The van der Waals surface area contributed by atoms with E-state index in [-0.39, 0.29) is 19.1 Å². The molecule has 0 saturated carbocycles. The van der Waals surface area contributed by atoms with E-state index in [0.717, 1.165) is 10.6 Å². The third kappa shape index (κ3) is 4.97. The molecule has 0 aliphatic heterocycles. The van der Waals surface area contributed by atoms with Crippen molar-refractivity contribution in [1.82, 2.24) is 5.43 Å². The van der Waals surface area contributed by atoms with E-state index in [2.05, 4.69) is 10.7 Å². The van der Waals surface area contributed by atoms with Crippen molar-refractivity contribution in [3.05, 3.63) is 71.8 Å². The van der Waals surface area contributed by atoms with E-state index in [1.165, 1.54) is 0 Å². The van der Waals surface area contributed by atoms with Crippen LogP contribution in [0.25, 0.3) is 10.8 Å². The zero-order chi connectivity index (χ0) is 23.1. The van der Waals surface area contributed by atoms with Gasteiger partial charge >= 0.3 is 12.2 Å². The van der Waals surface area contributed by atoms with Gasteiger partial charge in [0, 0.05) is 22.0 Å². The summed E-state index contributed by atoms with van der Waals surface area (Å²) in [5, 5.41) is 5.31. The van der Waals surface area contributed by atoms with Crippen LogP contribution in [0.2, 0.25) is 0 Å². The fourth-order valence-corrected chi connectivity index (χ4v) is 3.29. The first-order valence-corrected chi connectivity index (χ1v) is 10.2. The molecule has 0 radical (unpaired) electrons. The Labute approximate surface area is 186 Å². The molecule has 3 aromatic carbocycles. The van der Waals surface area contributed by atoms with Crippen LogP contribution in [-0.2, 0) is 9.47 Å². The summed E-state index contributed by atoms with van der Waals surface area (Å²) >= 11 is 0. The number of hydrazine groups is 1. The Morgan fingerprint density at radius 1 is 0.875 bits per heavy atom. The van der Waals surface area contributed by atoms with Gasteiger partial charge in [-0.05, 0) is 50.6 Å². The first kappa shape index (κ1) is 22.6. The summed E-state index contributed by atoms with van der Waals surface area (Å²) in [6.45, 7) is 5.49. The van der Waals surface area contributed by atoms with Gasteiger partial charge < -0.3 is 14.8 Å². The highest BCUT2D eigenvalue weighted by atomic mass is 16.6. The summed E-state index contributed by atoms with van der Waals surface area (Å²) < 4.78 is 10.1. The lowest BCUT2D eigenvalue weighted by molar-refractivity contribution is 0.102. The van der Waals surface area contributed by atoms with Crippen LogP contribution in [0.5, 0.6) is 0 Å². The van der Waals surface area contributed by atoms with Crippen molar-refractivity contribution in [2.24, 2.45) is 0 Å². The molecule has 0 unspecified atom stereocenters. The smallest absolute Gasteiger partial charge is 0.433 e. The molecule has 0 bridgehead atoms. The third-order valence-corrected chi connectivity index (χ3v) is 4.68. The van der Waals surface area contributed by atoms with Crippen molar-refractivity contribution < 1.29 is 23.9 Å². The van der Waals surface area contributed by atoms with E-state index >= 15 is 0 Å². The van der Waals surface area contributed by atoms with Crippen LogP contribution in [-0.4, -0.2) is 31.3 Å². The number of anilines is 2. The molecule has 3 amide bonds. The van der Waals surface area contributed by atoms with Crippen molar-refractivity contribution >= 4 is 40.2 Å². The van der Waals surface area contributed by atoms with E-state index in [0.29, 0.717) is 27.7 Å². The van der Waals surface area contributed by atoms with Crippen molar-refractivity contribution in [3.8, 4) is 0 Å². The lowest BCUT2D eigenvalue weighted by Crippen LogP contribution is -2.47. The predicted octanol–water partition coefficient (Wildman–Crippen LogP) is 5.02. The minimum absolute atomic E-state index is 0.127. The quantitative estimate of drug-likeness (QED) is 0.548. The van der Waals surface area contributed by atoms with Gasteiger partial charge in [-0.2, -0.15) is 5.01 Å². The Morgan fingerprint density at radius 3 is 2.28 bits per heavy atom. The summed E-state index contributed by atoms with van der Waals surface area (Å²) in [7, 11) is 0. The Hall–Kier alpha value is -4.07. The number of nitrogens with zero attached hydrogens (tertiary/aromatic N) is 1. The van der Waals surface area contributed by atoms with Gasteiger partial charge in [-0.15, -0.1) is 0 Å². The Balaban J connectivity index is 2.07. The first-order chi connectivity index (χ1) is 15.5. The lowest BCUT2D eigenvalue weighted by Gasteiger charge is -2.25. The van der Waals surface area contributed by atoms with Crippen LogP contribution in [0.4, 0.5) is 21.0 Å². The first-order valence-electron chi connectivity index (χ1n) is 10.2. The summed E-state index contributed by atoms with van der Waals surface area (Å²) in [6.07, 6.45) is -1.55. The van der Waals surface area contributed by atoms with Gasteiger partial charge in [0.25, 0.3) is 5.91 Å². The number of hydrogen-bond acceptors (Lipinski definition) is 5. The van der Waals surface area contributed by atoms with Crippen LogP contribution < -0.4 is 15.8 Å². The second-order valence-electron chi connectivity index (χ2n) is 6.82. The summed E-state index contributed by atoms with van der Waals surface area (Å²) in [6, 6.07) is 17.7. The second kappa shape index (κ2) is 10.3. The molecular weight excluding hydrogens is 410 g/mol. The van der Waals surface area contributed by atoms with Gasteiger partial charge in [-0.25, -0.2) is 15.0 Å². The fraction of sp³-hybridized carbons (Fsp3) is 0.208. The van der Waals surface area contributed by atoms with Gasteiger partial charge in [-0.3, -0.25) is 4.79 Å². The maximum Gasteiger partial charge on any atom is 0.433 e. The molecule has 166 valence electrons. The molecule has 3 rings (SSSR count).